The van der Waals surface area contributed by atoms with Crippen molar-refractivity contribution in [2.75, 3.05) is 19.7 Å². The fourth-order valence-electron chi connectivity index (χ4n) is 4.68. The van der Waals surface area contributed by atoms with E-state index >= 15 is 0 Å². The number of aliphatic carboxylic acids is 2. The number of carboxylic acids is 2. The van der Waals surface area contributed by atoms with Crippen LogP contribution in [0.5, 0.6) is 5.75 Å². The second-order valence-electron chi connectivity index (χ2n) is 9.17. The lowest BCUT2D eigenvalue weighted by Gasteiger charge is -2.38. The highest BCUT2D eigenvalue weighted by molar-refractivity contribution is 7.19. The predicted molar refractivity (Wildman–Crippen MR) is 145 cm³/mol. The summed E-state index contributed by atoms with van der Waals surface area (Å²) in [6.45, 7) is 4.20. The lowest BCUT2D eigenvalue weighted by molar-refractivity contribution is -0.159. The van der Waals surface area contributed by atoms with E-state index in [9.17, 15) is 5.11 Å². The van der Waals surface area contributed by atoms with Crippen molar-refractivity contribution in [2.24, 2.45) is 0 Å². The molecular formula is C27H29ClN2O6S. The van der Waals surface area contributed by atoms with E-state index in [1.807, 2.05) is 47.9 Å². The van der Waals surface area contributed by atoms with E-state index in [4.69, 9.17) is 36.1 Å². The van der Waals surface area contributed by atoms with Crippen LogP contribution in [0.2, 0.25) is 5.02 Å². The number of carboxylic acid groups (broad SMARTS) is 2. The SMILES string of the molecule is C[C@H]1C[C@@H](c2cc3cc(Cl)ccc3s2)CCN1C[C@H](O)COc1cccc2[nH]ccc12.O=C(O)C(=O)O. The number of fused-ring (bicyclic) bond motifs is 2. The molecule has 8 nitrogen and oxygen atoms in total. The molecule has 2 aromatic heterocycles. The second-order valence-corrected chi connectivity index (χ2v) is 10.7. The zero-order chi connectivity index (χ0) is 26.5. The Labute approximate surface area is 223 Å². The minimum Gasteiger partial charge on any atom is -0.490 e. The van der Waals surface area contributed by atoms with E-state index in [1.165, 1.54) is 15.0 Å². The highest BCUT2D eigenvalue weighted by Crippen LogP contribution is 2.39. The van der Waals surface area contributed by atoms with Gasteiger partial charge in [0.25, 0.3) is 0 Å². The summed E-state index contributed by atoms with van der Waals surface area (Å²) in [5.74, 6) is -2.26. The first-order chi connectivity index (χ1) is 17.7. The summed E-state index contributed by atoms with van der Waals surface area (Å²) >= 11 is 8.04. The number of nitrogens with zero attached hydrogens (tertiary/aromatic N) is 1. The number of β-amino-alcohol motifs (C(OH)–C–C–N with tert-alkyl or cyclic N) is 1. The van der Waals surface area contributed by atoms with Crippen LogP contribution >= 0.6 is 22.9 Å². The number of benzene rings is 2. The van der Waals surface area contributed by atoms with Gasteiger partial charge in [0.1, 0.15) is 18.5 Å². The van der Waals surface area contributed by atoms with Gasteiger partial charge in [0.2, 0.25) is 0 Å². The lowest BCUT2D eigenvalue weighted by Crippen LogP contribution is -2.45. The van der Waals surface area contributed by atoms with Gasteiger partial charge in [0.05, 0.1) is 0 Å². The van der Waals surface area contributed by atoms with Crippen LogP contribution in [-0.2, 0) is 9.59 Å². The van der Waals surface area contributed by atoms with Crippen molar-refractivity contribution >= 4 is 55.9 Å². The quantitative estimate of drug-likeness (QED) is 0.246. The van der Waals surface area contributed by atoms with Crippen molar-refractivity contribution in [3.63, 3.8) is 0 Å². The van der Waals surface area contributed by atoms with Crippen LogP contribution in [0.15, 0.2) is 54.7 Å². The van der Waals surface area contributed by atoms with E-state index in [2.05, 4.69) is 35.0 Å². The van der Waals surface area contributed by atoms with Gasteiger partial charge in [-0.3, -0.25) is 4.90 Å². The smallest absolute Gasteiger partial charge is 0.414 e. The monoisotopic (exact) mass is 544 g/mol. The maximum atomic E-state index is 10.6. The summed E-state index contributed by atoms with van der Waals surface area (Å²) in [5.41, 5.74) is 1.05. The molecule has 196 valence electrons. The van der Waals surface area contributed by atoms with Crippen molar-refractivity contribution in [1.82, 2.24) is 9.88 Å². The number of likely N-dealkylation sites (tertiary alicyclic amines) is 1. The van der Waals surface area contributed by atoms with Gasteiger partial charge in [-0.1, -0.05) is 17.7 Å². The van der Waals surface area contributed by atoms with Crippen molar-refractivity contribution in [3.8, 4) is 5.75 Å². The predicted octanol–water partition coefficient (Wildman–Crippen LogP) is 5.20. The lowest BCUT2D eigenvalue weighted by atomic mass is 9.90. The average molecular weight is 545 g/mol. The third-order valence-corrected chi connectivity index (χ3v) is 8.04. The normalized spacial score (nSPS) is 18.8. The Kier molecular flexibility index (Phi) is 8.71. The Hall–Kier alpha value is -3.11. The molecule has 4 aromatic rings. The van der Waals surface area contributed by atoms with Crippen molar-refractivity contribution in [1.29, 1.82) is 0 Å². The molecule has 0 unspecified atom stereocenters. The van der Waals surface area contributed by atoms with Crippen LogP contribution in [0.1, 0.15) is 30.6 Å². The first-order valence-corrected chi connectivity index (χ1v) is 13.2. The molecule has 1 aliphatic rings. The molecule has 1 aliphatic heterocycles. The molecule has 1 fully saturated rings. The van der Waals surface area contributed by atoms with Gasteiger partial charge in [-0.25, -0.2) is 9.59 Å². The third-order valence-electron chi connectivity index (χ3n) is 6.53. The van der Waals surface area contributed by atoms with E-state index in [0.29, 0.717) is 25.1 Å². The standard InChI is InChI=1S/C25H27ClN2O2S.C2H2O4/c1-16-11-17(25-13-18-12-19(26)5-6-24(18)31-25)8-10-28(16)14-20(29)15-30-23-4-2-3-22-21(23)7-9-27-22;3-1(4)2(5)6/h2-7,9,12-13,16-17,20,27,29H,8,10-11,14-15H2,1H3;(H,3,4)(H,5,6)/t16-,17-,20-;/m0./s1. The Morgan fingerprint density at radius 3 is 2.70 bits per heavy atom. The van der Waals surface area contributed by atoms with Crippen LogP contribution in [-0.4, -0.2) is 69.0 Å². The van der Waals surface area contributed by atoms with Gasteiger partial charge >= 0.3 is 11.9 Å². The van der Waals surface area contributed by atoms with Crippen LogP contribution in [0, 0.1) is 0 Å². The van der Waals surface area contributed by atoms with Crippen LogP contribution in [0.25, 0.3) is 21.0 Å². The zero-order valence-corrected chi connectivity index (χ0v) is 21.8. The number of hydrogen-bond acceptors (Lipinski definition) is 6. The van der Waals surface area contributed by atoms with Gasteiger partial charge in [-0.2, -0.15) is 0 Å². The number of rotatable bonds is 6. The highest BCUT2D eigenvalue weighted by atomic mass is 35.5. The molecule has 3 heterocycles. The van der Waals surface area contributed by atoms with E-state index in [0.717, 1.165) is 41.1 Å². The molecule has 5 rings (SSSR count). The fraction of sp³-hybridized carbons (Fsp3) is 0.333. The molecule has 10 heteroatoms. The zero-order valence-electron chi connectivity index (χ0n) is 20.3. The number of aliphatic hydroxyl groups excluding tert-OH is 1. The summed E-state index contributed by atoms with van der Waals surface area (Å²) in [7, 11) is 0. The number of aliphatic hydroxyl groups is 1. The first-order valence-electron chi connectivity index (χ1n) is 12.0. The summed E-state index contributed by atoms with van der Waals surface area (Å²) in [4.78, 5) is 25.2. The van der Waals surface area contributed by atoms with E-state index < -0.39 is 18.0 Å². The van der Waals surface area contributed by atoms with Crippen LogP contribution in [0.4, 0.5) is 0 Å². The van der Waals surface area contributed by atoms with Gasteiger partial charge in [0, 0.05) is 44.3 Å². The maximum absolute atomic E-state index is 10.6. The molecule has 0 aliphatic carbocycles. The number of ether oxygens (including phenoxy) is 1. The maximum Gasteiger partial charge on any atom is 0.414 e. The molecule has 0 amide bonds. The number of aromatic nitrogens is 1. The second kappa shape index (κ2) is 12.0. The molecule has 0 bridgehead atoms. The van der Waals surface area contributed by atoms with Gasteiger partial charge < -0.3 is 25.0 Å². The Bertz CT molecular complexity index is 1370. The van der Waals surface area contributed by atoms with E-state index in [1.54, 1.807) is 0 Å². The summed E-state index contributed by atoms with van der Waals surface area (Å²) in [5, 5.41) is 28.5. The largest absolute Gasteiger partial charge is 0.490 e. The Balaban J connectivity index is 0.000000480. The average Bonchev–Trinajstić information content (AvgIpc) is 3.51. The molecule has 2 aromatic carbocycles. The number of aromatic amines is 1. The minimum atomic E-state index is -1.82. The van der Waals surface area contributed by atoms with Gasteiger partial charge in [0.15, 0.2) is 0 Å². The molecule has 0 spiro atoms. The summed E-state index contributed by atoms with van der Waals surface area (Å²) in [6.07, 6.45) is 3.61. The molecule has 37 heavy (non-hydrogen) atoms. The Morgan fingerprint density at radius 2 is 1.97 bits per heavy atom. The number of thiophene rings is 1. The van der Waals surface area contributed by atoms with Crippen molar-refractivity contribution in [3.05, 3.63) is 64.6 Å². The van der Waals surface area contributed by atoms with E-state index in [-0.39, 0.29) is 0 Å². The van der Waals surface area contributed by atoms with Gasteiger partial charge in [-0.05, 0) is 80.1 Å². The first kappa shape index (κ1) is 26.9. The molecule has 4 N–H and O–H groups in total. The molecular weight excluding hydrogens is 516 g/mol. The van der Waals surface area contributed by atoms with Crippen LogP contribution in [0.3, 0.4) is 0 Å². The fourth-order valence-corrected chi connectivity index (χ4v) is 6.05. The molecule has 0 radical (unpaired) electrons. The van der Waals surface area contributed by atoms with Crippen LogP contribution < -0.4 is 4.74 Å². The summed E-state index contributed by atoms with van der Waals surface area (Å²) < 4.78 is 7.25. The van der Waals surface area contributed by atoms with Crippen molar-refractivity contribution in [2.45, 2.75) is 37.8 Å². The molecule has 0 saturated carbocycles. The number of hydrogen-bond donors (Lipinski definition) is 4. The van der Waals surface area contributed by atoms with Crippen molar-refractivity contribution < 1.29 is 29.6 Å². The topological polar surface area (TPSA) is 123 Å². The minimum absolute atomic E-state index is 0.300. The molecule has 3 atom stereocenters. The third kappa shape index (κ3) is 6.81. The number of carbonyl (C=O) groups is 2. The molecule has 1 saturated heterocycles. The number of H-pyrrole nitrogens is 1. The number of piperidine rings is 1. The Morgan fingerprint density at radius 1 is 1.19 bits per heavy atom. The number of halogens is 1. The summed E-state index contributed by atoms with van der Waals surface area (Å²) in [6, 6.07) is 16.8. The van der Waals surface area contributed by atoms with Gasteiger partial charge in [-0.15, -0.1) is 11.3 Å². The highest BCUT2D eigenvalue weighted by Gasteiger charge is 2.28. The number of nitrogens with one attached hydrogen (secondary N) is 1.